The number of ether oxygens (including phenoxy) is 2. The number of carbonyl (C=O) groups is 2. The van der Waals surface area contributed by atoms with Crippen LogP contribution in [0.1, 0.15) is 24.0 Å². The Bertz CT molecular complexity index is 726. The maximum Gasteiger partial charge on any atom is 0.407 e. The summed E-state index contributed by atoms with van der Waals surface area (Å²) >= 11 is 0. The number of nitrogens with one attached hydrogen (secondary N) is 1. The van der Waals surface area contributed by atoms with E-state index in [4.69, 9.17) is 9.47 Å². The lowest BCUT2D eigenvalue weighted by molar-refractivity contribution is -0.121. The predicted octanol–water partition coefficient (Wildman–Crippen LogP) is 3.13. The van der Waals surface area contributed by atoms with Crippen molar-refractivity contribution < 1.29 is 19.1 Å². The summed E-state index contributed by atoms with van der Waals surface area (Å²) in [5.74, 6) is 0.00764. The van der Waals surface area contributed by atoms with Gasteiger partial charge in [0, 0.05) is 12.5 Å². The molecule has 1 amide bonds. The van der Waals surface area contributed by atoms with Crippen LogP contribution in [0, 0.1) is 0 Å². The minimum absolute atomic E-state index is 0.0406. The van der Waals surface area contributed by atoms with E-state index < -0.39 is 6.09 Å². The van der Waals surface area contributed by atoms with Gasteiger partial charge in [-0.05, 0) is 29.2 Å². The lowest BCUT2D eigenvalue weighted by Gasteiger charge is -2.14. The smallest absolute Gasteiger partial charge is 0.407 e. The van der Waals surface area contributed by atoms with Crippen LogP contribution in [-0.4, -0.2) is 38.2 Å². The summed E-state index contributed by atoms with van der Waals surface area (Å²) in [7, 11) is 0. The third kappa shape index (κ3) is 4.06. The van der Waals surface area contributed by atoms with Crippen molar-refractivity contribution in [3.63, 3.8) is 0 Å². The summed E-state index contributed by atoms with van der Waals surface area (Å²) in [4.78, 5) is 22.6. The molecule has 0 radical (unpaired) electrons. The number of alkyl carbamates (subject to hydrolysis) is 1. The lowest BCUT2D eigenvalue weighted by atomic mass is 9.98. The molecule has 0 atom stereocenters. The Labute approximate surface area is 147 Å². The first kappa shape index (κ1) is 17.2. The van der Waals surface area contributed by atoms with Crippen molar-refractivity contribution in [3.05, 3.63) is 59.7 Å². The van der Waals surface area contributed by atoms with Crippen LogP contribution < -0.4 is 5.32 Å². The molecule has 25 heavy (non-hydrogen) atoms. The Morgan fingerprint density at radius 2 is 1.60 bits per heavy atom. The van der Waals surface area contributed by atoms with Crippen LogP contribution >= 0.6 is 0 Å². The van der Waals surface area contributed by atoms with Gasteiger partial charge >= 0.3 is 6.09 Å². The van der Waals surface area contributed by atoms with Crippen LogP contribution in [0.5, 0.6) is 0 Å². The molecule has 1 aliphatic carbocycles. The fourth-order valence-corrected chi connectivity index (χ4v) is 3.09. The number of hydrogen-bond donors (Lipinski definition) is 1. The quantitative estimate of drug-likeness (QED) is 0.787. The van der Waals surface area contributed by atoms with Crippen molar-refractivity contribution >= 4 is 11.9 Å². The van der Waals surface area contributed by atoms with Gasteiger partial charge in [0.15, 0.2) is 5.78 Å². The topological polar surface area (TPSA) is 64.6 Å². The van der Waals surface area contributed by atoms with Crippen LogP contribution in [0.2, 0.25) is 0 Å². The average molecular weight is 339 g/mol. The summed E-state index contributed by atoms with van der Waals surface area (Å²) in [5.41, 5.74) is 4.76. The Morgan fingerprint density at radius 1 is 1.00 bits per heavy atom. The Hall–Kier alpha value is -2.66. The van der Waals surface area contributed by atoms with Gasteiger partial charge in [-0.25, -0.2) is 4.79 Å². The molecule has 0 bridgehead atoms. The molecule has 0 unspecified atom stereocenters. The van der Waals surface area contributed by atoms with Gasteiger partial charge in [-0.1, -0.05) is 48.5 Å². The van der Waals surface area contributed by atoms with E-state index in [0.717, 1.165) is 0 Å². The highest BCUT2D eigenvalue weighted by atomic mass is 16.5. The molecule has 1 N–H and O–H groups in total. The highest BCUT2D eigenvalue weighted by molar-refractivity contribution is 5.79. The van der Waals surface area contributed by atoms with Crippen LogP contribution in [0.3, 0.4) is 0 Å². The van der Waals surface area contributed by atoms with E-state index in [9.17, 15) is 9.59 Å². The van der Waals surface area contributed by atoms with Crippen LogP contribution in [0.15, 0.2) is 48.5 Å². The van der Waals surface area contributed by atoms with E-state index in [1.54, 1.807) is 0 Å². The van der Waals surface area contributed by atoms with E-state index in [1.807, 2.05) is 24.3 Å². The first-order valence-electron chi connectivity index (χ1n) is 8.33. The Kier molecular flexibility index (Phi) is 5.46. The molecule has 0 heterocycles. The van der Waals surface area contributed by atoms with Gasteiger partial charge in [0.25, 0.3) is 0 Å². The van der Waals surface area contributed by atoms with E-state index in [0.29, 0.717) is 6.54 Å². The zero-order valence-corrected chi connectivity index (χ0v) is 14.2. The molecule has 0 fully saturated rings. The fraction of sp³-hybridized carbons (Fsp3) is 0.300. The number of carbonyl (C=O) groups excluding carboxylic acids is 2. The highest BCUT2D eigenvalue weighted by Gasteiger charge is 2.28. The molecule has 5 heteroatoms. The monoisotopic (exact) mass is 339 g/mol. The second-order valence-corrected chi connectivity index (χ2v) is 6.01. The van der Waals surface area contributed by atoms with Gasteiger partial charge in [0.1, 0.15) is 13.2 Å². The van der Waals surface area contributed by atoms with Gasteiger partial charge in [-0.15, -0.1) is 0 Å². The van der Waals surface area contributed by atoms with Crippen molar-refractivity contribution in [2.24, 2.45) is 0 Å². The molecule has 3 rings (SSSR count). The summed E-state index contributed by atoms with van der Waals surface area (Å²) in [6.07, 6.45) is -0.478. The normalized spacial score (nSPS) is 12.4. The molecule has 1 aliphatic rings. The third-order valence-corrected chi connectivity index (χ3v) is 4.16. The van der Waals surface area contributed by atoms with E-state index in [2.05, 4.69) is 29.6 Å². The largest absolute Gasteiger partial charge is 0.449 e. The van der Waals surface area contributed by atoms with Crippen molar-refractivity contribution in [2.75, 3.05) is 26.4 Å². The molecule has 2 aromatic carbocycles. The van der Waals surface area contributed by atoms with E-state index >= 15 is 0 Å². The second kappa shape index (κ2) is 7.94. The summed E-state index contributed by atoms with van der Waals surface area (Å²) < 4.78 is 10.5. The Morgan fingerprint density at radius 3 is 2.20 bits per heavy atom. The van der Waals surface area contributed by atoms with Gasteiger partial charge < -0.3 is 14.8 Å². The number of rotatable bonds is 7. The number of ketones is 1. The number of fused-ring (bicyclic) bond motifs is 3. The lowest BCUT2D eigenvalue weighted by Crippen LogP contribution is -2.29. The Balaban J connectivity index is 1.55. The SMILES string of the molecule is CC(=O)COCCNC(=O)OCC1c2ccccc2-c2ccccc21. The maximum atomic E-state index is 11.9. The number of benzene rings is 2. The van der Waals surface area contributed by atoms with Crippen LogP contribution in [-0.2, 0) is 14.3 Å². The van der Waals surface area contributed by atoms with Gasteiger partial charge in [-0.3, -0.25) is 4.79 Å². The van der Waals surface area contributed by atoms with Gasteiger partial charge in [0.05, 0.1) is 6.61 Å². The number of amides is 1. The van der Waals surface area contributed by atoms with Crippen molar-refractivity contribution in [3.8, 4) is 11.1 Å². The minimum atomic E-state index is -0.478. The molecule has 5 nitrogen and oxygen atoms in total. The van der Waals surface area contributed by atoms with Crippen LogP contribution in [0.25, 0.3) is 11.1 Å². The third-order valence-electron chi connectivity index (χ3n) is 4.16. The molecule has 0 saturated heterocycles. The molecule has 0 aliphatic heterocycles. The summed E-state index contributed by atoms with van der Waals surface area (Å²) in [5, 5.41) is 2.63. The number of Topliss-reactive ketones (excluding diaryl/α,β-unsaturated/α-hetero) is 1. The molecule has 0 spiro atoms. The highest BCUT2D eigenvalue weighted by Crippen LogP contribution is 2.44. The van der Waals surface area contributed by atoms with Gasteiger partial charge in [-0.2, -0.15) is 0 Å². The minimum Gasteiger partial charge on any atom is -0.449 e. The molecule has 0 aromatic heterocycles. The standard InChI is InChI=1S/C20H21NO4/c1-14(22)12-24-11-10-21-20(23)25-13-19-17-8-4-2-6-15(17)16-7-3-5-9-18(16)19/h2-9,19H,10-13H2,1H3,(H,21,23). The first-order valence-corrected chi connectivity index (χ1v) is 8.33. The zero-order valence-electron chi connectivity index (χ0n) is 14.2. The van der Waals surface area contributed by atoms with Crippen molar-refractivity contribution in [1.29, 1.82) is 0 Å². The average Bonchev–Trinajstić information content (AvgIpc) is 2.93. The van der Waals surface area contributed by atoms with Gasteiger partial charge in [0.2, 0.25) is 0 Å². The molecule has 2 aromatic rings. The zero-order chi connectivity index (χ0) is 17.6. The summed E-state index contributed by atoms with van der Waals surface area (Å²) in [6.45, 7) is 2.40. The molecular weight excluding hydrogens is 318 g/mol. The predicted molar refractivity (Wildman–Crippen MR) is 94.6 cm³/mol. The molecule has 0 saturated carbocycles. The van der Waals surface area contributed by atoms with Crippen molar-refractivity contribution in [2.45, 2.75) is 12.8 Å². The van der Waals surface area contributed by atoms with Crippen molar-refractivity contribution in [1.82, 2.24) is 5.32 Å². The maximum absolute atomic E-state index is 11.9. The second-order valence-electron chi connectivity index (χ2n) is 6.01. The van der Waals surface area contributed by atoms with E-state index in [-0.39, 0.29) is 31.5 Å². The first-order chi connectivity index (χ1) is 12.2. The fourth-order valence-electron chi connectivity index (χ4n) is 3.09. The molecule has 130 valence electrons. The molecular formula is C20H21NO4. The van der Waals surface area contributed by atoms with Crippen LogP contribution in [0.4, 0.5) is 4.79 Å². The summed E-state index contributed by atoms with van der Waals surface area (Å²) in [6, 6.07) is 16.4. The van der Waals surface area contributed by atoms with E-state index in [1.165, 1.54) is 29.2 Å². The number of hydrogen-bond acceptors (Lipinski definition) is 4.